The van der Waals surface area contributed by atoms with Crippen molar-refractivity contribution < 1.29 is 42.8 Å². The monoisotopic (exact) mass is 645 g/mol. The van der Waals surface area contributed by atoms with Crippen molar-refractivity contribution in [3.8, 4) is 0 Å². The number of nitrogens with zero attached hydrogens (tertiary/aromatic N) is 4. The second-order valence-electron chi connectivity index (χ2n) is 11.2. The van der Waals surface area contributed by atoms with Crippen LogP contribution in [0.4, 0.5) is 29.6 Å². The van der Waals surface area contributed by atoms with Crippen molar-refractivity contribution in [1.82, 2.24) is 19.5 Å². The Kier molecular flexibility index (Phi) is 6.97. The molecule has 1 N–H and O–H groups in total. The van der Waals surface area contributed by atoms with Crippen molar-refractivity contribution >= 4 is 27.2 Å². The third-order valence-electron chi connectivity index (χ3n) is 7.36. The first-order valence-corrected chi connectivity index (χ1v) is 15.5. The van der Waals surface area contributed by atoms with E-state index in [0.29, 0.717) is 47.0 Å². The first kappa shape index (κ1) is 30.6. The van der Waals surface area contributed by atoms with Crippen LogP contribution in [0.3, 0.4) is 0 Å². The molecule has 2 aliphatic rings. The van der Waals surface area contributed by atoms with E-state index in [1.54, 1.807) is 37.6 Å². The predicted molar refractivity (Wildman–Crippen MR) is 149 cm³/mol. The average molecular weight is 646 g/mol. The van der Waals surface area contributed by atoms with Gasteiger partial charge in [0.25, 0.3) is 0 Å². The maximum absolute atomic E-state index is 13.6. The number of fused-ring (bicyclic) bond motifs is 2. The summed E-state index contributed by atoms with van der Waals surface area (Å²) < 4.78 is 105. The lowest BCUT2D eigenvalue weighted by Gasteiger charge is -2.40. The Hall–Kier alpha value is -3.44. The molecule has 0 saturated carbocycles. The molecule has 16 heteroatoms. The fourth-order valence-electron chi connectivity index (χ4n) is 5.39. The zero-order valence-electron chi connectivity index (χ0n) is 23.7. The minimum absolute atomic E-state index is 0.0232. The van der Waals surface area contributed by atoms with Crippen LogP contribution in [0.15, 0.2) is 59.8 Å². The van der Waals surface area contributed by atoms with E-state index in [4.69, 9.17) is 23.9 Å². The highest BCUT2D eigenvalue weighted by Gasteiger charge is 2.65. The lowest BCUT2D eigenvalue weighted by Crippen LogP contribution is -2.32. The lowest BCUT2D eigenvalue weighted by molar-refractivity contribution is -0.194. The Labute approximate surface area is 248 Å². The van der Waals surface area contributed by atoms with E-state index in [1.807, 2.05) is 0 Å². The van der Waals surface area contributed by atoms with E-state index in [1.165, 1.54) is 18.5 Å². The molecule has 0 amide bonds. The maximum Gasteiger partial charge on any atom is 0.310 e. The predicted octanol–water partition coefficient (Wildman–Crippen LogP) is 6.95. The van der Waals surface area contributed by atoms with Gasteiger partial charge >= 0.3 is 10.2 Å². The number of ether oxygens (including phenoxy) is 4. The molecule has 0 bridgehead atoms. The summed E-state index contributed by atoms with van der Waals surface area (Å²) in [5.74, 6) is -0.371. The topological polar surface area (TPSA) is 92.6 Å². The third kappa shape index (κ3) is 6.21. The Morgan fingerprint density at radius 3 is 2.41 bits per heavy atom. The Balaban J connectivity index is 1.19. The summed E-state index contributed by atoms with van der Waals surface area (Å²) in [6.45, 7) is 3.65. The van der Waals surface area contributed by atoms with Gasteiger partial charge in [0.2, 0.25) is 0 Å². The van der Waals surface area contributed by atoms with Crippen LogP contribution >= 0.6 is 10.2 Å². The lowest BCUT2D eigenvalue weighted by atomic mass is 10.1. The Morgan fingerprint density at radius 1 is 0.977 bits per heavy atom. The fraction of sp³-hybridized carbons (Fsp3) is 0.393. The summed E-state index contributed by atoms with van der Waals surface area (Å²) >= 11 is 0. The molecule has 4 aromatic rings. The molecule has 44 heavy (non-hydrogen) atoms. The molecule has 2 aliphatic heterocycles. The van der Waals surface area contributed by atoms with Crippen LogP contribution in [0, 0.1) is 5.82 Å². The van der Waals surface area contributed by atoms with Crippen molar-refractivity contribution in [3.63, 3.8) is 0 Å². The van der Waals surface area contributed by atoms with Gasteiger partial charge < -0.3 is 28.8 Å². The van der Waals surface area contributed by atoms with Crippen LogP contribution in [0.25, 0.3) is 11.2 Å². The van der Waals surface area contributed by atoms with Crippen molar-refractivity contribution in [2.45, 2.75) is 62.1 Å². The van der Waals surface area contributed by atoms with Crippen LogP contribution < -0.4 is 5.32 Å². The number of hydrogen-bond acceptors (Lipinski definition) is 8. The summed E-state index contributed by atoms with van der Waals surface area (Å²) in [4.78, 5) is 11.5. The number of nitrogens with one attached hydrogen (secondary N) is 1. The van der Waals surface area contributed by atoms with Crippen molar-refractivity contribution in [2.24, 2.45) is 7.05 Å². The molecule has 9 nitrogen and oxygen atoms in total. The van der Waals surface area contributed by atoms with Crippen LogP contribution in [-0.2, 0) is 39.1 Å². The maximum atomic E-state index is 13.6. The number of aryl methyl sites for hydroxylation is 1. The van der Waals surface area contributed by atoms with E-state index in [0.717, 1.165) is 12.1 Å². The molecule has 0 unspecified atom stereocenters. The van der Waals surface area contributed by atoms with Gasteiger partial charge in [-0.15, -0.1) is 0 Å². The molecule has 2 saturated heterocycles. The molecule has 2 aromatic carbocycles. The minimum atomic E-state index is -9.76. The van der Waals surface area contributed by atoms with E-state index in [2.05, 4.69) is 15.3 Å². The number of halogens is 6. The van der Waals surface area contributed by atoms with Gasteiger partial charge in [-0.1, -0.05) is 43.7 Å². The van der Waals surface area contributed by atoms with Crippen molar-refractivity contribution in [2.75, 3.05) is 11.9 Å². The smallest absolute Gasteiger partial charge is 0.310 e. The zero-order valence-corrected chi connectivity index (χ0v) is 24.5. The third-order valence-corrected chi connectivity index (χ3v) is 8.53. The van der Waals surface area contributed by atoms with Gasteiger partial charge in [0.05, 0.1) is 13.2 Å². The molecule has 4 atom stereocenters. The van der Waals surface area contributed by atoms with E-state index >= 15 is 0 Å². The highest BCUT2D eigenvalue weighted by atomic mass is 32.5. The Bertz CT molecular complexity index is 1700. The molecule has 4 heterocycles. The number of benzene rings is 2. The van der Waals surface area contributed by atoms with Gasteiger partial charge in [-0.25, -0.2) is 19.3 Å². The van der Waals surface area contributed by atoms with Gasteiger partial charge in [-0.05, 0) is 49.2 Å². The van der Waals surface area contributed by atoms with Crippen LogP contribution in [-0.4, -0.2) is 50.2 Å². The number of hydrogen-bond donors (Lipinski definition) is 1. The van der Waals surface area contributed by atoms with Crippen LogP contribution in [0.5, 0.6) is 0 Å². The normalized spacial score (nSPS) is 24.7. The van der Waals surface area contributed by atoms with Gasteiger partial charge in [0, 0.05) is 13.6 Å². The largest absolute Gasteiger partial charge is 0.374 e. The summed E-state index contributed by atoms with van der Waals surface area (Å²) in [6, 6.07) is 8.78. The highest BCUT2D eigenvalue weighted by Crippen LogP contribution is 3.02. The van der Waals surface area contributed by atoms with Gasteiger partial charge in [0.1, 0.15) is 47.3 Å². The quantitative estimate of drug-likeness (QED) is 0.196. The second-order valence-corrected chi connectivity index (χ2v) is 13.6. The molecule has 2 fully saturated rings. The minimum Gasteiger partial charge on any atom is -0.374 e. The van der Waals surface area contributed by atoms with Gasteiger partial charge in [0.15, 0.2) is 22.8 Å². The summed E-state index contributed by atoms with van der Waals surface area (Å²) in [6.07, 6.45) is -1.11. The molecular formula is C28H29F6N5O4S. The number of anilines is 1. The number of aromatic nitrogens is 4. The molecule has 0 aliphatic carbocycles. The van der Waals surface area contributed by atoms with Crippen molar-refractivity contribution in [3.05, 3.63) is 77.6 Å². The van der Waals surface area contributed by atoms with Crippen molar-refractivity contribution in [1.29, 1.82) is 0 Å². The van der Waals surface area contributed by atoms with Gasteiger partial charge in [-0.3, -0.25) is 0 Å². The number of imidazole rings is 1. The average Bonchev–Trinajstić information content (AvgIpc) is 3.55. The van der Waals surface area contributed by atoms with Gasteiger partial charge in [-0.2, -0.15) is 0 Å². The summed E-state index contributed by atoms with van der Waals surface area (Å²) in [5, 5.41) is 3.18. The Morgan fingerprint density at radius 2 is 1.70 bits per heavy atom. The summed E-state index contributed by atoms with van der Waals surface area (Å²) in [7, 11) is -7.99. The molecule has 0 spiro atoms. The van der Waals surface area contributed by atoms with E-state index in [9.17, 15) is 23.8 Å². The fourth-order valence-corrected chi connectivity index (χ4v) is 6.04. The molecule has 6 rings (SSSR count). The molecular weight excluding hydrogens is 616 g/mol. The van der Waals surface area contributed by atoms with Crippen LogP contribution in [0.1, 0.15) is 36.9 Å². The SMILES string of the molecule is Cn1c([C@H]2O[C@H](COCc3ccc(S(F)(F)(F)(F)F)cc3)[C@H]3OC(C)(C)O[C@@H]32)nc2c(NCc3cccc(F)c3)ncnc21. The zero-order chi connectivity index (χ0) is 31.6. The van der Waals surface area contributed by atoms with E-state index in [-0.39, 0.29) is 24.6 Å². The molecule has 2 aromatic heterocycles. The highest BCUT2D eigenvalue weighted by molar-refractivity contribution is 8.45. The summed E-state index contributed by atoms with van der Waals surface area (Å²) in [5.41, 5.74) is 1.98. The van der Waals surface area contributed by atoms with Crippen LogP contribution in [0.2, 0.25) is 0 Å². The first-order valence-electron chi connectivity index (χ1n) is 13.5. The number of rotatable bonds is 9. The first-order chi connectivity index (χ1) is 20.5. The molecule has 238 valence electrons. The molecule has 0 radical (unpaired) electrons. The van der Waals surface area contributed by atoms with E-state index < -0.39 is 45.3 Å². The second kappa shape index (κ2) is 10.0. The standard InChI is InChI=1S/C28H29F6N5O4S/c1-28(2)42-22-20(14-40-13-16-7-9-19(10-8-16)44(30,31,32,33)34)41-24(23(22)43-28)27-38-21-25(36-15-37-26(21)39(27)3)35-12-17-5-4-6-18(29)11-17/h4-11,15,20,22-24H,12-14H2,1-3H3,(H,35,36,37)/t20-,22-,23+,24+/m1/s1.